The van der Waals surface area contributed by atoms with Crippen LogP contribution in [0.25, 0.3) is 5.65 Å². The maximum Gasteiger partial charge on any atom is 0.417 e. The Labute approximate surface area is 113 Å². The van der Waals surface area contributed by atoms with Gasteiger partial charge in [-0.05, 0) is 12.0 Å². The van der Waals surface area contributed by atoms with Crippen LogP contribution in [0.3, 0.4) is 0 Å². The number of pyridine rings is 1. The first-order valence-electron chi connectivity index (χ1n) is 5.71. The summed E-state index contributed by atoms with van der Waals surface area (Å²) in [5.41, 5.74) is 5.94. The molecule has 0 spiro atoms. The zero-order valence-corrected chi connectivity index (χ0v) is 11.1. The third kappa shape index (κ3) is 2.55. The van der Waals surface area contributed by atoms with Crippen molar-refractivity contribution in [3.05, 3.63) is 34.7 Å². The number of hydrogen-bond donors (Lipinski definition) is 1. The molecule has 2 heterocycles. The van der Waals surface area contributed by atoms with Crippen LogP contribution in [0.15, 0.2) is 18.5 Å². The van der Waals surface area contributed by atoms with E-state index in [4.69, 9.17) is 17.3 Å². The topological polar surface area (TPSA) is 43.3 Å². The lowest BCUT2D eigenvalue weighted by Crippen LogP contribution is -2.19. The third-order valence-electron chi connectivity index (χ3n) is 2.98. The Kier molecular flexibility index (Phi) is 3.49. The Morgan fingerprint density at radius 3 is 2.53 bits per heavy atom. The van der Waals surface area contributed by atoms with Gasteiger partial charge in [0.05, 0.1) is 22.5 Å². The summed E-state index contributed by atoms with van der Waals surface area (Å²) in [5, 5.41) is -0.0444. The van der Waals surface area contributed by atoms with Gasteiger partial charge in [0.15, 0.2) is 5.65 Å². The Morgan fingerprint density at radius 1 is 1.37 bits per heavy atom. The van der Waals surface area contributed by atoms with Gasteiger partial charge in [-0.2, -0.15) is 13.2 Å². The molecule has 0 aliphatic heterocycles. The van der Waals surface area contributed by atoms with Gasteiger partial charge < -0.3 is 10.1 Å². The van der Waals surface area contributed by atoms with Crippen molar-refractivity contribution in [1.82, 2.24) is 9.38 Å². The number of fused-ring (bicyclic) bond motifs is 1. The Bertz CT molecular complexity index is 604. The number of nitrogens with zero attached hydrogens (tertiary/aromatic N) is 2. The highest BCUT2D eigenvalue weighted by molar-refractivity contribution is 6.33. The predicted octanol–water partition coefficient (Wildman–Crippen LogP) is 3.66. The minimum Gasteiger partial charge on any atom is -0.322 e. The van der Waals surface area contributed by atoms with Crippen LogP contribution in [0.5, 0.6) is 0 Å². The van der Waals surface area contributed by atoms with Crippen LogP contribution in [-0.2, 0) is 6.18 Å². The molecule has 104 valence electrons. The van der Waals surface area contributed by atoms with Gasteiger partial charge in [-0.25, -0.2) is 4.98 Å². The van der Waals surface area contributed by atoms with Crippen molar-refractivity contribution in [2.24, 2.45) is 11.7 Å². The number of nitrogens with two attached hydrogens (primary N) is 1. The lowest BCUT2D eigenvalue weighted by Gasteiger charge is -2.16. The van der Waals surface area contributed by atoms with E-state index >= 15 is 0 Å². The van der Waals surface area contributed by atoms with Gasteiger partial charge in [-0.3, -0.25) is 0 Å². The van der Waals surface area contributed by atoms with Gasteiger partial charge in [0, 0.05) is 12.2 Å². The highest BCUT2D eigenvalue weighted by atomic mass is 35.5. The zero-order valence-electron chi connectivity index (χ0n) is 10.4. The molecule has 0 aliphatic rings. The van der Waals surface area contributed by atoms with Crippen molar-refractivity contribution in [2.75, 3.05) is 0 Å². The van der Waals surface area contributed by atoms with Crippen LogP contribution in [0.4, 0.5) is 13.2 Å². The summed E-state index contributed by atoms with van der Waals surface area (Å²) in [6.07, 6.45) is -2.01. The van der Waals surface area contributed by atoms with E-state index in [2.05, 4.69) is 4.98 Å². The normalized spacial score (nSPS) is 14.3. The van der Waals surface area contributed by atoms with Crippen molar-refractivity contribution in [3.63, 3.8) is 0 Å². The van der Waals surface area contributed by atoms with Gasteiger partial charge in [0.25, 0.3) is 0 Å². The fraction of sp³-hybridized carbons (Fsp3) is 0.417. The van der Waals surface area contributed by atoms with Crippen LogP contribution in [0, 0.1) is 5.92 Å². The van der Waals surface area contributed by atoms with E-state index in [0.717, 1.165) is 12.3 Å². The van der Waals surface area contributed by atoms with Crippen molar-refractivity contribution < 1.29 is 13.2 Å². The molecule has 7 heteroatoms. The summed E-state index contributed by atoms with van der Waals surface area (Å²) in [5.74, 6) is 0.0771. The maximum absolute atomic E-state index is 12.8. The van der Waals surface area contributed by atoms with Gasteiger partial charge in [-0.15, -0.1) is 0 Å². The molecule has 2 aromatic heterocycles. The standard InChI is InChI=1S/C12H13ClF3N3/c1-6(2)10(17)9-4-18-11-8(13)3-7(5-19(9)11)12(14,15)16/h3-6,10H,17H2,1-2H3. The van der Waals surface area contributed by atoms with E-state index < -0.39 is 17.8 Å². The minimum absolute atomic E-state index is 0.0444. The van der Waals surface area contributed by atoms with Crippen LogP contribution in [-0.4, -0.2) is 9.38 Å². The van der Waals surface area contributed by atoms with Gasteiger partial charge >= 0.3 is 6.18 Å². The van der Waals surface area contributed by atoms with Crippen LogP contribution >= 0.6 is 11.6 Å². The van der Waals surface area contributed by atoms with Crippen molar-refractivity contribution in [2.45, 2.75) is 26.1 Å². The second kappa shape index (κ2) is 4.68. The highest BCUT2D eigenvalue weighted by Gasteiger charge is 2.32. The Balaban J connectivity index is 2.67. The summed E-state index contributed by atoms with van der Waals surface area (Å²) < 4.78 is 39.6. The molecule has 0 saturated carbocycles. The van der Waals surface area contributed by atoms with Crippen LogP contribution < -0.4 is 5.73 Å². The molecule has 2 aromatic rings. The molecule has 0 bridgehead atoms. The number of aromatic nitrogens is 2. The molecule has 0 amide bonds. The summed E-state index contributed by atoms with van der Waals surface area (Å²) in [6, 6.07) is 0.462. The number of hydrogen-bond acceptors (Lipinski definition) is 2. The third-order valence-corrected chi connectivity index (χ3v) is 3.25. The largest absolute Gasteiger partial charge is 0.417 e. The van der Waals surface area contributed by atoms with E-state index in [1.165, 1.54) is 10.6 Å². The molecule has 0 aromatic carbocycles. The van der Waals surface area contributed by atoms with E-state index in [9.17, 15) is 13.2 Å². The van der Waals surface area contributed by atoms with E-state index in [1.807, 2.05) is 13.8 Å². The fourth-order valence-corrected chi connectivity index (χ4v) is 2.06. The summed E-state index contributed by atoms with van der Waals surface area (Å²) in [6.45, 7) is 3.78. The first-order chi connectivity index (χ1) is 8.71. The van der Waals surface area contributed by atoms with E-state index in [-0.39, 0.29) is 16.6 Å². The van der Waals surface area contributed by atoms with E-state index in [0.29, 0.717) is 5.69 Å². The first-order valence-corrected chi connectivity index (χ1v) is 6.09. The van der Waals surface area contributed by atoms with Crippen molar-refractivity contribution >= 4 is 17.2 Å². The first kappa shape index (κ1) is 14.1. The molecular weight excluding hydrogens is 279 g/mol. The van der Waals surface area contributed by atoms with E-state index in [1.54, 1.807) is 0 Å². The molecule has 2 N–H and O–H groups in total. The number of alkyl halides is 3. The summed E-state index contributed by atoms with van der Waals surface area (Å²) in [4.78, 5) is 4.03. The predicted molar refractivity (Wildman–Crippen MR) is 67.0 cm³/mol. The molecule has 2 rings (SSSR count). The molecule has 3 nitrogen and oxygen atoms in total. The molecule has 19 heavy (non-hydrogen) atoms. The lowest BCUT2D eigenvalue weighted by atomic mass is 10.0. The second-order valence-corrected chi connectivity index (χ2v) is 5.13. The SMILES string of the molecule is CC(C)C(N)c1cnc2c(Cl)cc(C(F)(F)F)cn12. The Morgan fingerprint density at radius 2 is 2.00 bits per heavy atom. The molecule has 0 aliphatic carbocycles. The average molecular weight is 292 g/mol. The van der Waals surface area contributed by atoms with Gasteiger partial charge in [0.2, 0.25) is 0 Å². The molecule has 0 fully saturated rings. The monoisotopic (exact) mass is 291 g/mol. The Hall–Kier alpha value is -1.27. The number of rotatable bonds is 2. The molecule has 0 saturated heterocycles. The average Bonchev–Trinajstić information content (AvgIpc) is 2.70. The molecule has 1 atom stereocenters. The van der Waals surface area contributed by atoms with Gasteiger partial charge in [-0.1, -0.05) is 25.4 Å². The number of halogens is 4. The highest BCUT2D eigenvalue weighted by Crippen LogP contribution is 2.33. The zero-order chi connectivity index (χ0) is 14.4. The van der Waals surface area contributed by atoms with Crippen molar-refractivity contribution in [3.8, 4) is 0 Å². The smallest absolute Gasteiger partial charge is 0.322 e. The molecular formula is C12H13ClF3N3. The quantitative estimate of drug-likeness (QED) is 0.917. The number of imidazole rings is 1. The maximum atomic E-state index is 12.8. The molecule has 0 radical (unpaired) electrons. The molecule has 1 unspecified atom stereocenters. The van der Waals surface area contributed by atoms with Crippen LogP contribution in [0.2, 0.25) is 5.02 Å². The minimum atomic E-state index is -4.46. The lowest BCUT2D eigenvalue weighted by molar-refractivity contribution is -0.137. The van der Waals surface area contributed by atoms with Crippen molar-refractivity contribution in [1.29, 1.82) is 0 Å². The summed E-state index contributed by atoms with van der Waals surface area (Å²) >= 11 is 5.84. The van der Waals surface area contributed by atoms with Gasteiger partial charge in [0.1, 0.15) is 0 Å². The van der Waals surface area contributed by atoms with Crippen LogP contribution in [0.1, 0.15) is 31.1 Å². The second-order valence-electron chi connectivity index (χ2n) is 4.72. The fourth-order valence-electron chi connectivity index (χ4n) is 1.81. The summed E-state index contributed by atoms with van der Waals surface area (Å²) in [7, 11) is 0.